The molecule has 0 aliphatic rings. The first-order valence-corrected chi connectivity index (χ1v) is 6.68. The van der Waals surface area contributed by atoms with Crippen molar-refractivity contribution in [2.24, 2.45) is 11.7 Å². The van der Waals surface area contributed by atoms with E-state index in [2.05, 4.69) is 19.2 Å². The van der Waals surface area contributed by atoms with Gasteiger partial charge in [0.05, 0.1) is 6.10 Å². The van der Waals surface area contributed by atoms with Crippen molar-refractivity contribution in [2.45, 2.75) is 39.8 Å². The zero-order valence-corrected chi connectivity index (χ0v) is 11.9. The molecule has 1 unspecified atom stereocenters. The molecule has 1 aromatic carbocycles. The van der Waals surface area contributed by atoms with Crippen LogP contribution in [0.15, 0.2) is 18.2 Å². The van der Waals surface area contributed by atoms with Crippen molar-refractivity contribution in [1.29, 1.82) is 0 Å². The molecule has 1 atom stereocenters. The van der Waals surface area contributed by atoms with E-state index in [1.165, 1.54) is 0 Å². The molecule has 1 rings (SSSR count). The number of hydrogen-bond acceptors (Lipinski definition) is 3. The predicted octanol–water partition coefficient (Wildman–Crippen LogP) is 1.59. The number of aryl methyl sites for hydroxylation is 1. The lowest BCUT2D eigenvalue weighted by Crippen LogP contribution is -2.27. The summed E-state index contributed by atoms with van der Waals surface area (Å²) in [6.07, 6.45) is 0.484. The Labute approximate surface area is 115 Å². The van der Waals surface area contributed by atoms with E-state index in [0.717, 1.165) is 17.5 Å². The highest BCUT2D eigenvalue weighted by atomic mass is 16.3. The summed E-state index contributed by atoms with van der Waals surface area (Å²) in [7, 11) is 0. The largest absolute Gasteiger partial charge is 0.392 e. The Bertz CT molecular complexity index is 430. The summed E-state index contributed by atoms with van der Waals surface area (Å²) in [6.45, 7) is 7.40. The van der Waals surface area contributed by atoms with Gasteiger partial charge in [0.15, 0.2) is 0 Å². The molecule has 0 saturated carbocycles. The van der Waals surface area contributed by atoms with Gasteiger partial charge in [-0.1, -0.05) is 19.9 Å². The van der Waals surface area contributed by atoms with Gasteiger partial charge in [0.25, 0.3) is 0 Å². The average molecular weight is 264 g/mol. The van der Waals surface area contributed by atoms with Crippen molar-refractivity contribution in [3.8, 4) is 0 Å². The highest BCUT2D eigenvalue weighted by Crippen LogP contribution is 2.11. The third-order valence-electron chi connectivity index (χ3n) is 3.07. The molecule has 0 radical (unpaired) electrons. The van der Waals surface area contributed by atoms with Gasteiger partial charge in [0, 0.05) is 18.7 Å². The molecule has 0 spiro atoms. The smallest absolute Gasteiger partial charge is 0.248 e. The SMILES string of the molecule is Cc1cc(C(N)=O)ccc1CNCC(O)CC(C)C. The van der Waals surface area contributed by atoms with E-state index in [-0.39, 0.29) is 6.10 Å². The molecule has 0 saturated heterocycles. The fourth-order valence-corrected chi connectivity index (χ4v) is 2.05. The number of aliphatic hydroxyl groups excluding tert-OH is 1. The molecule has 4 nitrogen and oxygen atoms in total. The number of carbonyl (C=O) groups is 1. The summed E-state index contributed by atoms with van der Waals surface area (Å²) >= 11 is 0. The number of nitrogens with two attached hydrogens (primary N) is 1. The molecule has 106 valence electrons. The van der Waals surface area contributed by atoms with E-state index in [0.29, 0.717) is 24.6 Å². The minimum atomic E-state index is -0.407. The van der Waals surface area contributed by atoms with Crippen LogP contribution in [0.3, 0.4) is 0 Å². The van der Waals surface area contributed by atoms with Gasteiger partial charge in [0.2, 0.25) is 5.91 Å². The first kappa shape index (κ1) is 15.7. The third-order valence-corrected chi connectivity index (χ3v) is 3.07. The summed E-state index contributed by atoms with van der Waals surface area (Å²) in [5, 5.41) is 13.0. The fraction of sp³-hybridized carbons (Fsp3) is 0.533. The van der Waals surface area contributed by atoms with E-state index in [4.69, 9.17) is 5.73 Å². The van der Waals surface area contributed by atoms with Crippen LogP contribution in [0.25, 0.3) is 0 Å². The normalized spacial score (nSPS) is 12.7. The molecule has 4 N–H and O–H groups in total. The number of hydrogen-bond donors (Lipinski definition) is 3. The second kappa shape index (κ2) is 7.26. The van der Waals surface area contributed by atoms with Gasteiger partial charge >= 0.3 is 0 Å². The third kappa shape index (κ3) is 5.41. The van der Waals surface area contributed by atoms with Gasteiger partial charge < -0.3 is 16.2 Å². The quantitative estimate of drug-likeness (QED) is 0.700. The molecule has 19 heavy (non-hydrogen) atoms. The topological polar surface area (TPSA) is 75.4 Å². The van der Waals surface area contributed by atoms with Gasteiger partial charge in [-0.25, -0.2) is 0 Å². The lowest BCUT2D eigenvalue weighted by Gasteiger charge is -2.14. The van der Waals surface area contributed by atoms with Gasteiger partial charge in [-0.2, -0.15) is 0 Å². The van der Waals surface area contributed by atoms with Gasteiger partial charge in [-0.3, -0.25) is 4.79 Å². The Morgan fingerprint density at radius 1 is 1.42 bits per heavy atom. The lowest BCUT2D eigenvalue weighted by atomic mass is 10.0. The molecule has 4 heteroatoms. The Morgan fingerprint density at radius 2 is 2.11 bits per heavy atom. The molecule has 0 aromatic heterocycles. The standard InChI is InChI=1S/C15H24N2O2/c1-10(2)6-14(18)9-17-8-13-5-4-12(15(16)19)7-11(13)3/h4-5,7,10,14,17-18H,6,8-9H2,1-3H3,(H2,16,19). The number of primary amides is 1. The second-order valence-electron chi connectivity index (χ2n) is 5.42. The maximum atomic E-state index is 11.0. The fourth-order valence-electron chi connectivity index (χ4n) is 2.05. The van der Waals surface area contributed by atoms with Gasteiger partial charge in [-0.05, 0) is 42.5 Å². The van der Waals surface area contributed by atoms with Crippen molar-refractivity contribution >= 4 is 5.91 Å². The first-order chi connectivity index (χ1) is 8.90. The van der Waals surface area contributed by atoms with Crippen LogP contribution in [0.5, 0.6) is 0 Å². The number of nitrogens with one attached hydrogen (secondary N) is 1. The van der Waals surface area contributed by atoms with E-state index >= 15 is 0 Å². The zero-order valence-electron chi connectivity index (χ0n) is 11.9. The van der Waals surface area contributed by atoms with Crippen LogP contribution >= 0.6 is 0 Å². The Balaban J connectivity index is 2.48. The van der Waals surface area contributed by atoms with E-state index in [1.54, 1.807) is 12.1 Å². The Hall–Kier alpha value is -1.39. The molecule has 0 aliphatic heterocycles. The summed E-state index contributed by atoms with van der Waals surface area (Å²) in [5.74, 6) is 0.0864. The van der Waals surface area contributed by atoms with Crippen molar-refractivity contribution in [3.05, 3.63) is 34.9 Å². The van der Waals surface area contributed by atoms with Gasteiger partial charge in [0.1, 0.15) is 0 Å². The van der Waals surface area contributed by atoms with E-state index in [9.17, 15) is 9.90 Å². The number of benzene rings is 1. The predicted molar refractivity (Wildman–Crippen MR) is 76.9 cm³/mol. The van der Waals surface area contributed by atoms with Crippen LogP contribution in [0.4, 0.5) is 0 Å². The molecular weight excluding hydrogens is 240 g/mol. The minimum absolute atomic E-state index is 0.315. The maximum Gasteiger partial charge on any atom is 0.248 e. The Morgan fingerprint density at radius 3 is 2.63 bits per heavy atom. The van der Waals surface area contributed by atoms with Crippen molar-refractivity contribution in [1.82, 2.24) is 5.32 Å². The summed E-state index contributed by atoms with van der Waals surface area (Å²) < 4.78 is 0. The molecule has 1 aromatic rings. The summed E-state index contributed by atoms with van der Waals surface area (Å²) in [6, 6.07) is 5.43. The van der Waals surface area contributed by atoms with E-state index in [1.807, 2.05) is 13.0 Å². The average Bonchev–Trinajstić information content (AvgIpc) is 2.29. The van der Waals surface area contributed by atoms with E-state index < -0.39 is 5.91 Å². The summed E-state index contributed by atoms with van der Waals surface area (Å²) in [4.78, 5) is 11.0. The van der Waals surface area contributed by atoms with Crippen molar-refractivity contribution in [2.75, 3.05) is 6.54 Å². The Kier molecular flexibility index (Phi) is 5.99. The zero-order chi connectivity index (χ0) is 14.4. The van der Waals surface area contributed by atoms with Crippen LogP contribution in [-0.2, 0) is 6.54 Å². The highest BCUT2D eigenvalue weighted by Gasteiger charge is 2.07. The minimum Gasteiger partial charge on any atom is -0.392 e. The first-order valence-electron chi connectivity index (χ1n) is 6.68. The summed E-state index contributed by atoms with van der Waals surface area (Å²) in [5.41, 5.74) is 7.90. The van der Waals surface area contributed by atoms with Crippen LogP contribution in [-0.4, -0.2) is 23.7 Å². The molecule has 1 amide bonds. The number of rotatable bonds is 7. The number of amides is 1. The lowest BCUT2D eigenvalue weighted by molar-refractivity contribution is 0.1000. The van der Waals surface area contributed by atoms with Crippen LogP contribution < -0.4 is 11.1 Å². The maximum absolute atomic E-state index is 11.0. The van der Waals surface area contributed by atoms with Crippen LogP contribution in [0, 0.1) is 12.8 Å². The van der Waals surface area contributed by atoms with Crippen LogP contribution in [0.1, 0.15) is 41.8 Å². The monoisotopic (exact) mass is 264 g/mol. The number of aliphatic hydroxyl groups is 1. The highest BCUT2D eigenvalue weighted by molar-refractivity contribution is 5.93. The molecule has 0 heterocycles. The molecular formula is C15H24N2O2. The molecule has 0 bridgehead atoms. The van der Waals surface area contributed by atoms with Crippen LogP contribution in [0.2, 0.25) is 0 Å². The van der Waals surface area contributed by atoms with Crippen molar-refractivity contribution < 1.29 is 9.90 Å². The van der Waals surface area contributed by atoms with Crippen molar-refractivity contribution in [3.63, 3.8) is 0 Å². The van der Waals surface area contributed by atoms with Gasteiger partial charge in [-0.15, -0.1) is 0 Å². The second-order valence-corrected chi connectivity index (χ2v) is 5.42. The molecule has 0 fully saturated rings. The molecule has 0 aliphatic carbocycles. The number of carbonyl (C=O) groups excluding carboxylic acids is 1.